The van der Waals surface area contributed by atoms with Gasteiger partial charge in [0.05, 0.1) is 18.9 Å². The van der Waals surface area contributed by atoms with E-state index in [-0.39, 0.29) is 18.1 Å². The lowest BCUT2D eigenvalue weighted by Crippen LogP contribution is -2.48. The molecule has 0 unspecified atom stereocenters. The average molecular weight is 609 g/mol. The maximum absolute atomic E-state index is 14.0. The van der Waals surface area contributed by atoms with Crippen molar-refractivity contribution in [3.63, 3.8) is 0 Å². The Bertz CT molecular complexity index is 1500. The quantitative estimate of drug-likeness (QED) is 0.201. The number of pyridine rings is 1. The van der Waals surface area contributed by atoms with E-state index in [2.05, 4.69) is 20.9 Å². The summed E-state index contributed by atoms with van der Waals surface area (Å²) in [5.74, 6) is -0.0336. The van der Waals surface area contributed by atoms with Crippen LogP contribution in [0.2, 0.25) is 0 Å². The standard InChI is InChI=1S/C36H40N4O5/c1-25-32(18-11-21-38-25)44-24-30-23-37-22-29(45-30)20-19-26-12-9-10-17-31(26)39-35(41)34(40-36(42)43-2)33(27-13-5-3-6-14-27)28-15-7-4-8-16-28/h3-18,21,29-30,33-34,37H,19-20,22-24H2,1-2H3,(H,39,41)(H,40,42)/t29-,30+,34+/m1/s1. The smallest absolute Gasteiger partial charge is 0.407 e. The van der Waals surface area contributed by atoms with E-state index in [0.29, 0.717) is 25.3 Å². The summed E-state index contributed by atoms with van der Waals surface area (Å²) in [5, 5.41) is 9.37. The van der Waals surface area contributed by atoms with Crippen molar-refractivity contribution in [2.75, 3.05) is 32.1 Å². The zero-order valence-corrected chi connectivity index (χ0v) is 25.6. The van der Waals surface area contributed by atoms with Crippen LogP contribution in [-0.4, -0.2) is 62.0 Å². The summed E-state index contributed by atoms with van der Waals surface area (Å²) in [4.78, 5) is 30.8. The highest BCUT2D eigenvalue weighted by atomic mass is 16.5. The van der Waals surface area contributed by atoms with Crippen LogP contribution in [0.5, 0.6) is 5.75 Å². The number of alkyl carbamates (subject to hydrolysis) is 1. The Balaban J connectivity index is 1.28. The molecule has 1 aromatic heterocycles. The molecule has 1 aliphatic rings. The molecule has 0 bridgehead atoms. The highest BCUT2D eigenvalue weighted by molar-refractivity contribution is 5.98. The van der Waals surface area contributed by atoms with Crippen molar-refractivity contribution in [3.05, 3.63) is 126 Å². The first-order valence-corrected chi connectivity index (χ1v) is 15.3. The number of amides is 2. The molecule has 0 spiro atoms. The minimum Gasteiger partial charge on any atom is -0.489 e. The molecule has 3 atom stereocenters. The van der Waals surface area contributed by atoms with Gasteiger partial charge in [0.15, 0.2) is 0 Å². The first kappa shape index (κ1) is 31.7. The lowest BCUT2D eigenvalue weighted by molar-refractivity contribution is -0.118. The van der Waals surface area contributed by atoms with Crippen LogP contribution in [0.1, 0.15) is 34.7 Å². The maximum atomic E-state index is 14.0. The van der Waals surface area contributed by atoms with Crippen LogP contribution < -0.4 is 20.7 Å². The van der Waals surface area contributed by atoms with Crippen LogP contribution in [0.25, 0.3) is 0 Å². The summed E-state index contributed by atoms with van der Waals surface area (Å²) in [5.41, 5.74) is 4.31. The number of aromatic nitrogens is 1. The second-order valence-corrected chi connectivity index (χ2v) is 11.0. The number of benzene rings is 3. The summed E-state index contributed by atoms with van der Waals surface area (Å²) in [6.45, 7) is 3.80. The normalized spacial score (nSPS) is 16.9. The molecular formula is C36H40N4O5. The predicted octanol–water partition coefficient (Wildman–Crippen LogP) is 5.25. The number of ether oxygens (including phenoxy) is 3. The van der Waals surface area contributed by atoms with Crippen molar-refractivity contribution in [1.29, 1.82) is 0 Å². The Labute approximate surface area is 264 Å². The van der Waals surface area contributed by atoms with Crippen molar-refractivity contribution in [2.45, 2.75) is 43.9 Å². The van der Waals surface area contributed by atoms with E-state index < -0.39 is 18.1 Å². The molecule has 3 aromatic carbocycles. The van der Waals surface area contributed by atoms with E-state index in [4.69, 9.17) is 14.2 Å². The number of carbonyl (C=O) groups is 2. The van der Waals surface area contributed by atoms with Crippen molar-refractivity contribution in [1.82, 2.24) is 15.6 Å². The van der Waals surface area contributed by atoms with E-state index in [9.17, 15) is 9.59 Å². The summed E-state index contributed by atoms with van der Waals surface area (Å²) in [6, 6.07) is 29.9. The minimum atomic E-state index is -0.939. The van der Waals surface area contributed by atoms with Crippen LogP contribution in [-0.2, 0) is 20.7 Å². The van der Waals surface area contributed by atoms with Crippen LogP contribution in [0.4, 0.5) is 10.5 Å². The Morgan fingerprint density at radius 3 is 2.27 bits per heavy atom. The number of carbonyl (C=O) groups excluding carboxylic acids is 2. The first-order chi connectivity index (χ1) is 22.0. The molecule has 234 valence electrons. The molecule has 1 aliphatic heterocycles. The molecule has 9 heteroatoms. The third kappa shape index (κ3) is 8.68. The molecular weight excluding hydrogens is 568 g/mol. The van der Waals surface area contributed by atoms with E-state index in [1.54, 1.807) is 6.20 Å². The number of anilines is 1. The number of nitrogens with zero attached hydrogens (tertiary/aromatic N) is 1. The molecule has 5 rings (SSSR count). The molecule has 2 amide bonds. The summed E-state index contributed by atoms with van der Waals surface area (Å²) < 4.78 is 17.3. The van der Waals surface area contributed by atoms with E-state index in [1.165, 1.54) is 7.11 Å². The summed E-state index contributed by atoms with van der Waals surface area (Å²) >= 11 is 0. The number of para-hydroxylation sites is 1. The van der Waals surface area contributed by atoms with Crippen LogP contribution >= 0.6 is 0 Å². The second kappa shape index (κ2) is 15.8. The predicted molar refractivity (Wildman–Crippen MR) is 173 cm³/mol. The molecule has 0 aliphatic carbocycles. The molecule has 45 heavy (non-hydrogen) atoms. The first-order valence-electron chi connectivity index (χ1n) is 15.3. The topological polar surface area (TPSA) is 111 Å². The number of rotatable bonds is 12. The lowest BCUT2D eigenvalue weighted by atomic mass is 9.84. The molecule has 2 heterocycles. The van der Waals surface area contributed by atoms with Crippen LogP contribution in [0.15, 0.2) is 103 Å². The van der Waals surface area contributed by atoms with Crippen molar-refractivity contribution in [2.24, 2.45) is 0 Å². The minimum absolute atomic E-state index is 0.0135. The van der Waals surface area contributed by atoms with Gasteiger partial charge in [-0.15, -0.1) is 0 Å². The molecule has 0 saturated carbocycles. The summed E-state index contributed by atoms with van der Waals surface area (Å²) in [7, 11) is 1.29. The average Bonchev–Trinajstić information content (AvgIpc) is 3.08. The fourth-order valence-corrected chi connectivity index (χ4v) is 5.62. The largest absolute Gasteiger partial charge is 0.489 e. The van der Waals surface area contributed by atoms with E-state index >= 15 is 0 Å². The molecule has 3 N–H and O–H groups in total. The number of methoxy groups -OCH3 is 1. The van der Waals surface area contributed by atoms with Gasteiger partial charge in [0.2, 0.25) is 5.91 Å². The third-order valence-corrected chi connectivity index (χ3v) is 7.91. The highest BCUT2D eigenvalue weighted by Crippen LogP contribution is 2.30. The molecule has 0 radical (unpaired) electrons. The number of hydrogen-bond acceptors (Lipinski definition) is 7. The molecule has 4 aromatic rings. The van der Waals surface area contributed by atoms with Gasteiger partial charge in [-0.05, 0) is 54.7 Å². The van der Waals surface area contributed by atoms with Crippen molar-refractivity contribution in [3.8, 4) is 5.75 Å². The fraction of sp³-hybridized carbons (Fsp3) is 0.306. The lowest BCUT2D eigenvalue weighted by Gasteiger charge is -2.31. The van der Waals surface area contributed by atoms with E-state index in [1.807, 2.05) is 104 Å². The number of morpholine rings is 1. The van der Waals surface area contributed by atoms with Crippen molar-refractivity contribution < 1.29 is 23.8 Å². The van der Waals surface area contributed by atoms with Crippen molar-refractivity contribution >= 4 is 17.7 Å². The Kier molecular flexibility index (Phi) is 11.1. The third-order valence-electron chi connectivity index (χ3n) is 7.91. The zero-order chi connectivity index (χ0) is 31.4. The van der Waals surface area contributed by atoms with E-state index in [0.717, 1.165) is 41.1 Å². The van der Waals surface area contributed by atoms with Crippen LogP contribution in [0, 0.1) is 6.92 Å². The Morgan fingerprint density at radius 2 is 1.58 bits per heavy atom. The van der Waals surface area contributed by atoms with Gasteiger partial charge in [0, 0.05) is 30.9 Å². The molecule has 1 saturated heterocycles. The maximum Gasteiger partial charge on any atom is 0.407 e. The zero-order valence-electron chi connectivity index (χ0n) is 25.6. The van der Waals surface area contributed by atoms with Gasteiger partial charge >= 0.3 is 6.09 Å². The number of aryl methyl sites for hydroxylation is 2. The van der Waals surface area contributed by atoms with Gasteiger partial charge in [-0.2, -0.15) is 0 Å². The van der Waals surface area contributed by atoms with Gasteiger partial charge in [-0.3, -0.25) is 9.78 Å². The van der Waals surface area contributed by atoms with Gasteiger partial charge in [0.25, 0.3) is 0 Å². The number of hydrogen-bond donors (Lipinski definition) is 3. The SMILES string of the molecule is COC(=O)N[C@H](C(=O)Nc1ccccc1CC[C@@H]1CNC[C@@H](COc2cccnc2C)O1)C(c1ccccc1)c1ccccc1. The summed E-state index contributed by atoms with van der Waals surface area (Å²) in [6.07, 6.45) is 2.41. The van der Waals surface area contributed by atoms with Crippen LogP contribution in [0.3, 0.4) is 0 Å². The highest BCUT2D eigenvalue weighted by Gasteiger charge is 2.33. The number of nitrogens with one attached hydrogen (secondary N) is 3. The fourth-order valence-electron chi connectivity index (χ4n) is 5.62. The molecule has 9 nitrogen and oxygen atoms in total. The Morgan fingerprint density at radius 1 is 0.911 bits per heavy atom. The monoisotopic (exact) mass is 608 g/mol. The van der Waals surface area contributed by atoms with Gasteiger partial charge in [0.1, 0.15) is 24.5 Å². The van der Waals surface area contributed by atoms with Gasteiger partial charge < -0.3 is 30.2 Å². The second-order valence-electron chi connectivity index (χ2n) is 11.0. The Hall–Kier alpha value is -4.73. The van der Waals surface area contributed by atoms with Gasteiger partial charge in [-0.25, -0.2) is 4.79 Å². The van der Waals surface area contributed by atoms with Gasteiger partial charge in [-0.1, -0.05) is 78.9 Å². The molecule has 1 fully saturated rings.